The van der Waals surface area contributed by atoms with Crippen LogP contribution in [0.4, 0.5) is 0 Å². The molecule has 0 aliphatic rings. The Hall–Kier alpha value is -1.60. The van der Waals surface area contributed by atoms with Gasteiger partial charge in [0.25, 0.3) is 0 Å². The summed E-state index contributed by atoms with van der Waals surface area (Å²) in [6, 6.07) is 13.9. The summed E-state index contributed by atoms with van der Waals surface area (Å²) in [6.07, 6.45) is 0. The van der Waals surface area contributed by atoms with Gasteiger partial charge in [0.1, 0.15) is 6.61 Å². The van der Waals surface area contributed by atoms with Gasteiger partial charge in [-0.15, -0.1) is 0 Å². The maximum absolute atomic E-state index is 8.76. The molecule has 0 fully saturated rings. The van der Waals surface area contributed by atoms with E-state index in [0.29, 0.717) is 25.4 Å². The summed E-state index contributed by atoms with van der Waals surface area (Å²) in [5.74, 6) is 1.46. The topological polar surface area (TPSA) is 62.8 Å². The second-order valence-electron chi connectivity index (χ2n) is 5.48. The van der Waals surface area contributed by atoms with E-state index in [1.165, 1.54) is 0 Å². The van der Waals surface area contributed by atoms with Crippen molar-refractivity contribution in [1.29, 1.82) is 0 Å². The monoisotopic (exact) mass is 408 g/mol. The van der Waals surface area contributed by atoms with E-state index in [9.17, 15) is 0 Å². The summed E-state index contributed by atoms with van der Waals surface area (Å²) in [7, 11) is 1.65. The zero-order valence-electron chi connectivity index (χ0n) is 14.4. The van der Waals surface area contributed by atoms with E-state index < -0.39 is 0 Å². The Morgan fingerprint density at radius 2 is 1.76 bits per heavy atom. The van der Waals surface area contributed by atoms with Crippen LogP contribution in [0.3, 0.4) is 0 Å². The zero-order valence-corrected chi connectivity index (χ0v) is 16.0. The van der Waals surface area contributed by atoms with Gasteiger partial charge in [0, 0.05) is 36.2 Å². The van der Waals surface area contributed by atoms with Crippen molar-refractivity contribution >= 4 is 15.9 Å². The lowest BCUT2D eigenvalue weighted by Gasteiger charge is -2.17. The van der Waals surface area contributed by atoms with Gasteiger partial charge in [-0.05, 0) is 17.7 Å². The van der Waals surface area contributed by atoms with Crippen LogP contribution in [-0.2, 0) is 13.2 Å². The lowest BCUT2D eigenvalue weighted by Crippen LogP contribution is -2.29. The first-order valence-corrected chi connectivity index (χ1v) is 9.10. The van der Waals surface area contributed by atoms with Crippen LogP contribution in [0.25, 0.3) is 0 Å². The first-order chi connectivity index (χ1) is 12.3. The smallest absolute Gasteiger partial charge is 0.167 e. The van der Waals surface area contributed by atoms with Gasteiger partial charge in [-0.3, -0.25) is 0 Å². The lowest BCUT2D eigenvalue weighted by atomic mass is 10.1. The molecule has 0 saturated carbocycles. The van der Waals surface area contributed by atoms with Crippen LogP contribution in [0.2, 0.25) is 0 Å². The van der Waals surface area contributed by atoms with Crippen LogP contribution in [0.15, 0.2) is 46.9 Å². The number of aliphatic hydroxyl groups excluding tert-OH is 1. The summed E-state index contributed by atoms with van der Waals surface area (Å²) in [5, 5.41) is 15.3. The molecule has 0 radical (unpaired) electrons. The molecule has 3 N–H and O–H groups in total. The molecular formula is C19H25BrN2O3. The van der Waals surface area contributed by atoms with Gasteiger partial charge in [-0.1, -0.05) is 46.3 Å². The van der Waals surface area contributed by atoms with E-state index in [1.807, 2.05) is 42.5 Å². The van der Waals surface area contributed by atoms with E-state index in [4.69, 9.17) is 14.6 Å². The summed E-state index contributed by atoms with van der Waals surface area (Å²) in [4.78, 5) is 0. The molecule has 0 aliphatic heterocycles. The molecule has 5 nitrogen and oxygen atoms in total. The predicted octanol–water partition coefficient (Wildman–Crippen LogP) is 2.71. The van der Waals surface area contributed by atoms with Crippen LogP contribution >= 0.6 is 15.9 Å². The molecule has 0 spiro atoms. The molecule has 2 aromatic carbocycles. The van der Waals surface area contributed by atoms with Gasteiger partial charge in [-0.2, -0.15) is 0 Å². The number of rotatable bonds is 11. The summed E-state index contributed by atoms with van der Waals surface area (Å²) in [5.41, 5.74) is 2.13. The first-order valence-electron chi connectivity index (χ1n) is 8.30. The molecule has 0 amide bonds. The number of methoxy groups -OCH3 is 1. The van der Waals surface area contributed by atoms with Gasteiger partial charge >= 0.3 is 0 Å². The van der Waals surface area contributed by atoms with E-state index in [1.54, 1.807) is 7.11 Å². The van der Waals surface area contributed by atoms with E-state index in [-0.39, 0.29) is 6.61 Å². The number of nitrogens with one attached hydrogen (secondary N) is 2. The second-order valence-corrected chi connectivity index (χ2v) is 6.34. The SMILES string of the molecule is COc1ccc(Br)c(CNCCNCCO)c1OCc1ccccc1. The van der Waals surface area contributed by atoms with E-state index in [2.05, 4.69) is 26.6 Å². The molecule has 0 bridgehead atoms. The molecule has 0 aliphatic carbocycles. The van der Waals surface area contributed by atoms with Crippen LogP contribution in [0.5, 0.6) is 11.5 Å². The summed E-state index contributed by atoms with van der Waals surface area (Å²) < 4.78 is 12.5. The van der Waals surface area contributed by atoms with Crippen molar-refractivity contribution in [1.82, 2.24) is 10.6 Å². The fourth-order valence-electron chi connectivity index (χ4n) is 2.39. The third-order valence-electron chi connectivity index (χ3n) is 3.68. The van der Waals surface area contributed by atoms with Gasteiger partial charge < -0.3 is 25.2 Å². The third-order valence-corrected chi connectivity index (χ3v) is 4.42. The fraction of sp³-hybridized carbons (Fsp3) is 0.368. The van der Waals surface area contributed by atoms with Crippen molar-refractivity contribution in [2.45, 2.75) is 13.2 Å². The number of ether oxygens (including phenoxy) is 2. The Bertz CT molecular complexity index is 638. The fourth-order valence-corrected chi connectivity index (χ4v) is 2.84. The van der Waals surface area contributed by atoms with Gasteiger partial charge in [0.2, 0.25) is 0 Å². The third kappa shape index (κ3) is 6.32. The Morgan fingerprint density at radius 3 is 2.48 bits per heavy atom. The van der Waals surface area contributed by atoms with Crippen molar-refractivity contribution in [3.8, 4) is 11.5 Å². The highest BCUT2D eigenvalue weighted by atomic mass is 79.9. The zero-order chi connectivity index (χ0) is 17.9. The maximum atomic E-state index is 8.76. The minimum atomic E-state index is 0.152. The Balaban J connectivity index is 2.03. The van der Waals surface area contributed by atoms with Crippen molar-refractivity contribution in [2.75, 3.05) is 33.4 Å². The number of hydrogen-bond donors (Lipinski definition) is 3. The van der Waals surface area contributed by atoms with Gasteiger partial charge in [0.15, 0.2) is 11.5 Å². The van der Waals surface area contributed by atoms with E-state index in [0.717, 1.165) is 34.4 Å². The average molecular weight is 409 g/mol. The Kier molecular flexibility index (Phi) is 8.76. The van der Waals surface area contributed by atoms with Gasteiger partial charge in [0.05, 0.1) is 13.7 Å². The van der Waals surface area contributed by atoms with Crippen LogP contribution in [0.1, 0.15) is 11.1 Å². The quantitative estimate of drug-likeness (QED) is 0.499. The normalized spacial score (nSPS) is 10.7. The van der Waals surface area contributed by atoms with Gasteiger partial charge in [-0.25, -0.2) is 0 Å². The molecule has 0 atom stereocenters. The molecule has 136 valence electrons. The predicted molar refractivity (Wildman–Crippen MR) is 103 cm³/mol. The minimum Gasteiger partial charge on any atom is -0.493 e. The summed E-state index contributed by atoms with van der Waals surface area (Å²) in [6.45, 7) is 3.49. The molecule has 0 saturated heterocycles. The molecule has 0 heterocycles. The number of aliphatic hydroxyl groups is 1. The molecular weight excluding hydrogens is 384 g/mol. The number of benzene rings is 2. The first kappa shape index (κ1) is 19.7. The van der Waals surface area contributed by atoms with Crippen LogP contribution in [0, 0.1) is 0 Å². The highest BCUT2D eigenvalue weighted by Crippen LogP contribution is 2.36. The Morgan fingerprint density at radius 1 is 1.00 bits per heavy atom. The van der Waals surface area contributed by atoms with Crippen LogP contribution < -0.4 is 20.1 Å². The lowest BCUT2D eigenvalue weighted by molar-refractivity contribution is 0.280. The van der Waals surface area contributed by atoms with Crippen molar-refractivity contribution in [3.63, 3.8) is 0 Å². The Labute approximate surface area is 157 Å². The molecule has 0 aromatic heterocycles. The van der Waals surface area contributed by atoms with Crippen molar-refractivity contribution in [3.05, 3.63) is 58.1 Å². The highest BCUT2D eigenvalue weighted by Gasteiger charge is 2.14. The molecule has 6 heteroatoms. The van der Waals surface area contributed by atoms with E-state index >= 15 is 0 Å². The standard InChI is InChI=1S/C19H25BrN2O3/c1-24-18-8-7-17(20)16(13-22-10-9-21-11-12-23)19(18)25-14-15-5-3-2-4-6-15/h2-8,21-23H,9-14H2,1H3. The largest absolute Gasteiger partial charge is 0.493 e. The molecule has 25 heavy (non-hydrogen) atoms. The molecule has 2 aromatic rings. The van der Waals surface area contributed by atoms with Crippen molar-refractivity contribution < 1.29 is 14.6 Å². The van der Waals surface area contributed by atoms with Crippen molar-refractivity contribution in [2.24, 2.45) is 0 Å². The highest BCUT2D eigenvalue weighted by molar-refractivity contribution is 9.10. The average Bonchev–Trinajstić information content (AvgIpc) is 2.65. The number of halogens is 1. The maximum Gasteiger partial charge on any atom is 0.167 e. The molecule has 2 rings (SSSR count). The number of hydrogen-bond acceptors (Lipinski definition) is 5. The molecule has 0 unspecified atom stereocenters. The summed E-state index contributed by atoms with van der Waals surface area (Å²) >= 11 is 3.61. The second kappa shape index (κ2) is 11.1. The van der Waals surface area contributed by atoms with Crippen LogP contribution in [-0.4, -0.2) is 38.5 Å². The minimum absolute atomic E-state index is 0.152.